The van der Waals surface area contributed by atoms with Gasteiger partial charge in [-0.05, 0) is 99.7 Å². The largest absolute Gasteiger partial charge is 0.0622 e. The Bertz CT molecular complexity index is 2460. The fourth-order valence-electron chi connectivity index (χ4n) is 7.19. The molecule has 9 aromatic rings. The van der Waals surface area contributed by atoms with Crippen molar-refractivity contribution >= 4 is 43.1 Å². The minimum absolute atomic E-state index is 1.23. The topological polar surface area (TPSA) is 0 Å². The summed E-state index contributed by atoms with van der Waals surface area (Å²) in [6.07, 6.45) is 0. The van der Waals surface area contributed by atoms with Crippen LogP contribution in [0.5, 0.6) is 0 Å². The highest BCUT2D eigenvalue weighted by Crippen LogP contribution is 2.46. The van der Waals surface area contributed by atoms with Crippen molar-refractivity contribution in [3.8, 4) is 44.5 Å². The van der Waals surface area contributed by atoms with E-state index in [1.807, 2.05) is 0 Å². The lowest BCUT2D eigenvalue weighted by Gasteiger charge is -2.20. The summed E-state index contributed by atoms with van der Waals surface area (Å²) >= 11 is 0. The predicted octanol–water partition coefficient (Wildman–Crippen LogP) is 12.4. The molecule has 0 nitrogen and oxygen atoms in total. The molecule has 9 rings (SSSR count). The van der Waals surface area contributed by atoms with Crippen molar-refractivity contribution in [2.45, 2.75) is 0 Å². The fourth-order valence-corrected chi connectivity index (χ4v) is 7.19. The van der Waals surface area contributed by atoms with Gasteiger partial charge in [-0.3, -0.25) is 0 Å². The van der Waals surface area contributed by atoms with E-state index in [1.54, 1.807) is 0 Å². The van der Waals surface area contributed by atoms with Crippen LogP contribution in [-0.4, -0.2) is 0 Å². The monoisotopic (exact) mass is 556 g/mol. The summed E-state index contributed by atoms with van der Waals surface area (Å²) in [5, 5.41) is 10.4. The van der Waals surface area contributed by atoms with Gasteiger partial charge in [0.05, 0.1) is 0 Å². The Morgan fingerprint density at radius 2 is 0.727 bits per heavy atom. The second kappa shape index (κ2) is 9.93. The molecule has 0 N–H and O–H groups in total. The Hall–Kier alpha value is -5.72. The molecular formula is C44H28. The molecule has 0 saturated heterocycles. The molecule has 0 heteroatoms. The van der Waals surface area contributed by atoms with Gasteiger partial charge in [-0.15, -0.1) is 0 Å². The van der Waals surface area contributed by atoms with Gasteiger partial charge in [0.2, 0.25) is 0 Å². The van der Waals surface area contributed by atoms with E-state index in [1.165, 1.54) is 87.6 Å². The van der Waals surface area contributed by atoms with Crippen molar-refractivity contribution in [2.24, 2.45) is 0 Å². The molecule has 0 heterocycles. The molecule has 0 fully saturated rings. The van der Waals surface area contributed by atoms with Gasteiger partial charge in [-0.2, -0.15) is 0 Å². The number of hydrogen-bond acceptors (Lipinski definition) is 0. The molecule has 0 aliphatic rings. The van der Waals surface area contributed by atoms with Crippen molar-refractivity contribution in [1.29, 1.82) is 0 Å². The summed E-state index contributed by atoms with van der Waals surface area (Å²) < 4.78 is 0. The molecule has 9 aromatic carbocycles. The second-order valence-corrected chi connectivity index (χ2v) is 11.7. The molecule has 204 valence electrons. The Labute approximate surface area is 256 Å². The predicted molar refractivity (Wildman–Crippen MR) is 189 cm³/mol. The van der Waals surface area contributed by atoms with Crippen molar-refractivity contribution < 1.29 is 0 Å². The average Bonchev–Trinajstić information content (AvgIpc) is 3.11. The smallest absolute Gasteiger partial charge is 0.00141 e. The number of benzene rings is 9. The Morgan fingerprint density at radius 3 is 1.50 bits per heavy atom. The van der Waals surface area contributed by atoms with Crippen LogP contribution in [0.4, 0.5) is 0 Å². The van der Waals surface area contributed by atoms with Crippen LogP contribution in [0, 0.1) is 0 Å². The third-order valence-corrected chi connectivity index (χ3v) is 9.23. The van der Waals surface area contributed by atoms with Crippen LogP contribution < -0.4 is 0 Å². The Morgan fingerprint density at radius 1 is 0.227 bits per heavy atom. The number of hydrogen-bond donors (Lipinski definition) is 0. The molecular weight excluding hydrogens is 528 g/mol. The van der Waals surface area contributed by atoms with E-state index in [4.69, 9.17) is 0 Å². The maximum atomic E-state index is 2.41. The van der Waals surface area contributed by atoms with Crippen molar-refractivity contribution in [3.05, 3.63) is 170 Å². The summed E-state index contributed by atoms with van der Waals surface area (Å²) in [5.41, 5.74) is 10.0. The molecule has 0 bridgehead atoms. The summed E-state index contributed by atoms with van der Waals surface area (Å²) in [6.45, 7) is 0. The number of rotatable bonds is 4. The van der Waals surface area contributed by atoms with Gasteiger partial charge >= 0.3 is 0 Å². The van der Waals surface area contributed by atoms with Crippen LogP contribution in [0.15, 0.2) is 170 Å². The Kier molecular flexibility index (Phi) is 5.61. The van der Waals surface area contributed by atoms with Gasteiger partial charge in [0, 0.05) is 0 Å². The van der Waals surface area contributed by atoms with E-state index in [2.05, 4.69) is 170 Å². The molecule has 0 atom stereocenters. The molecule has 0 radical (unpaired) electrons. The van der Waals surface area contributed by atoms with Crippen LogP contribution in [0.1, 0.15) is 0 Å². The zero-order chi connectivity index (χ0) is 29.0. The van der Waals surface area contributed by atoms with Crippen molar-refractivity contribution in [1.82, 2.24) is 0 Å². The number of fused-ring (bicyclic) bond motifs is 1. The zero-order valence-corrected chi connectivity index (χ0v) is 24.2. The second-order valence-electron chi connectivity index (χ2n) is 11.7. The first-order valence-electron chi connectivity index (χ1n) is 15.3. The van der Waals surface area contributed by atoms with Gasteiger partial charge in [-0.25, -0.2) is 0 Å². The molecule has 0 unspecified atom stereocenters. The van der Waals surface area contributed by atoms with Gasteiger partial charge in [0.25, 0.3) is 0 Å². The fraction of sp³-hybridized carbons (Fsp3) is 0. The quantitative estimate of drug-likeness (QED) is 0.189. The third kappa shape index (κ3) is 3.85. The minimum atomic E-state index is 1.23. The lowest BCUT2D eigenvalue weighted by Crippen LogP contribution is -1.92. The first-order chi connectivity index (χ1) is 21.8. The van der Waals surface area contributed by atoms with E-state index < -0.39 is 0 Å². The lowest BCUT2D eigenvalue weighted by molar-refractivity contribution is 1.62. The maximum absolute atomic E-state index is 2.41. The van der Waals surface area contributed by atoms with E-state index in [-0.39, 0.29) is 0 Å². The third-order valence-electron chi connectivity index (χ3n) is 9.23. The molecule has 0 aliphatic heterocycles. The van der Waals surface area contributed by atoms with Gasteiger partial charge in [0.1, 0.15) is 0 Å². The van der Waals surface area contributed by atoms with E-state index in [9.17, 15) is 0 Å². The highest BCUT2D eigenvalue weighted by atomic mass is 14.2. The van der Waals surface area contributed by atoms with Gasteiger partial charge in [0.15, 0.2) is 0 Å². The van der Waals surface area contributed by atoms with Crippen LogP contribution in [0.25, 0.3) is 87.6 Å². The van der Waals surface area contributed by atoms with Crippen molar-refractivity contribution in [3.63, 3.8) is 0 Å². The first-order valence-corrected chi connectivity index (χ1v) is 15.3. The SMILES string of the molecule is c1ccc(-c2ccc3ccc4c(-c5ccccc5)cc(-c5cccc(-c6cccc7ccccc67)c5)c5ccc2c3c45)cc1. The molecule has 44 heavy (non-hydrogen) atoms. The summed E-state index contributed by atoms with van der Waals surface area (Å²) in [5.74, 6) is 0. The van der Waals surface area contributed by atoms with Crippen LogP contribution >= 0.6 is 0 Å². The Balaban J connectivity index is 1.37. The first kappa shape index (κ1) is 24.8. The minimum Gasteiger partial charge on any atom is -0.0622 e. The van der Waals surface area contributed by atoms with Gasteiger partial charge < -0.3 is 0 Å². The summed E-state index contributed by atoms with van der Waals surface area (Å²) in [4.78, 5) is 0. The maximum Gasteiger partial charge on any atom is -0.00141 e. The van der Waals surface area contributed by atoms with Crippen LogP contribution in [0.2, 0.25) is 0 Å². The molecule has 0 amide bonds. The lowest BCUT2D eigenvalue weighted by atomic mass is 9.83. The molecule has 0 aromatic heterocycles. The summed E-state index contributed by atoms with van der Waals surface area (Å²) in [6, 6.07) is 62.3. The average molecular weight is 557 g/mol. The van der Waals surface area contributed by atoms with Crippen LogP contribution in [0.3, 0.4) is 0 Å². The molecule has 0 aliphatic carbocycles. The van der Waals surface area contributed by atoms with E-state index in [0.29, 0.717) is 0 Å². The highest BCUT2D eigenvalue weighted by Gasteiger charge is 2.18. The summed E-state index contributed by atoms with van der Waals surface area (Å²) in [7, 11) is 0. The van der Waals surface area contributed by atoms with E-state index in [0.717, 1.165) is 0 Å². The van der Waals surface area contributed by atoms with Gasteiger partial charge in [-0.1, -0.05) is 158 Å². The molecule has 0 saturated carbocycles. The van der Waals surface area contributed by atoms with Crippen LogP contribution in [-0.2, 0) is 0 Å². The highest BCUT2D eigenvalue weighted by molar-refractivity contribution is 6.30. The normalized spacial score (nSPS) is 11.6. The van der Waals surface area contributed by atoms with E-state index >= 15 is 0 Å². The molecule has 0 spiro atoms. The zero-order valence-electron chi connectivity index (χ0n) is 24.2. The standard InChI is InChI=1S/C44H28/c1-3-11-29(12-4-1)37-23-21-32-22-24-39-41(31-13-5-2-6-14-31)28-42(40-26-25-38(37)43(32)44(39)40)34-18-9-17-33(27-34)36-20-10-16-30-15-7-8-19-35(30)36/h1-28H. The van der Waals surface area contributed by atoms with Crippen molar-refractivity contribution in [2.75, 3.05) is 0 Å².